The number of anilines is 1. The second-order valence-corrected chi connectivity index (χ2v) is 3.84. The summed E-state index contributed by atoms with van der Waals surface area (Å²) in [5, 5.41) is 3.89. The molecule has 2 N–H and O–H groups in total. The smallest absolute Gasteiger partial charge is 0.151 e. The first-order valence-corrected chi connectivity index (χ1v) is 4.82. The Bertz CT molecular complexity index is 510. The molecule has 0 atom stereocenters. The molecule has 2 aromatic rings. The molecule has 6 heteroatoms. The van der Waals surface area contributed by atoms with Crippen molar-refractivity contribution in [3.05, 3.63) is 40.6 Å². The maximum absolute atomic E-state index is 13.1. The van der Waals surface area contributed by atoms with Crippen LogP contribution in [0.4, 0.5) is 14.5 Å². The average molecular weight is 274 g/mol. The highest BCUT2D eigenvalue weighted by Gasteiger charge is 2.10. The van der Waals surface area contributed by atoms with Gasteiger partial charge in [0, 0.05) is 18.3 Å². The Balaban J connectivity index is 2.62. The van der Waals surface area contributed by atoms with Gasteiger partial charge in [-0.15, -0.1) is 0 Å². The summed E-state index contributed by atoms with van der Waals surface area (Å²) in [6.45, 7) is 0. The largest absolute Gasteiger partial charge is 0.395 e. The van der Waals surface area contributed by atoms with Crippen molar-refractivity contribution < 1.29 is 8.78 Å². The van der Waals surface area contributed by atoms with Gasteiger partial charge in [-0.2, -0.15) is 5.10 Å². The van der Waals surface area contributed by atoms with E-state index in [-0.39, 0.29) is 11.4 Å². The van der Waals surface area contributed by atoms with Gasteiger partial charge >= 0.3 is 0 Å². The lowest BCUT2D eigenvalue weighted by atomic mass is 10.2. The number of rotatable bonds is 1. The van der Waals surface area contributed by atoms with E-state index in [1.54, 1.807) is 6.20 Å². The summed E-state index contributed by atoms with van der Waals surface area (Å²) in [4.78, 5) is 0. The van der Waals surface area contributed by atoms with Crippen LogP contribution in [0.5, 0.6) is 0 Å². The van der Waals surface area contributed by atoms with Crippen LogP contribution in [0, 0.1) is 11.6 Å². The zero-order valence-corrected chi connectivity index (χ0v) is 9.00. The van der Waals surface area contributed by atoms with E-state index in [2.05, 4.69) is 21.0 Å². The van der Waals surface area contributed by atoms with Crippen molar-refractivity contribution in [2.24, 2.45) is 0 Å². The molecule has 3 nitrogen and oxygen atoms in total. The minimum Gasteiger partial charge on any atom is -0.395 e. The first-order chi connectivity index (χ1) is 7.08. The lowest BCUT2D eigenvalue weighted by Gasteiger charge is -2.06. The van der Waals surface area contributed by atoms with Crippen LogP contribution in [-0.2, 0) is 0 Å². The molecular formula is C9H6BrF2N3. The van der Waals surface area contributed by atoms with Gasteiger partial charge < -0.3 is 5.73 Å². The Labute approximate surface area is 92.6 Å². The summed E-state index contributed by atoms with van der Waals surface area (Å²) in [6.07, 6.45) is 3.06. The van der Waals surface area contributed by atoms with E-state index in [1.807, 2.05) is 0 Å². The SMILES string of the molecule is Nc1c(F)cc(F)cc1-n1cc(Br)cn1. The van der Waals surface area contributed by atoms with Crippen molar-refractivity contribution >= 4 is 21.6 Å². The van der Waals surface area contributed by atoms with Crippen LogP contribution in [0.2, 0.25) is 0 Å². The lowest BCUT2D eigenvalue weighted by Crippen LogP contribution is -2.03. The molecular weight excluding hydrogens is 268 g/mol. The Morgan fingerprint density at radius 1 is 1.33 bits per heavy atom. The minimum absolute atomic E-state index is 0.132. The van der Waals surface area contributed by atoms with Crippen molar-refractivity contribution in [1.82, 2.24) is 9.78 Å². The monoisotopic (exact) mass is 273 g/mol. The number of nitrogens with zero attached hydrogens (tertiary/aromatic N) is 2. The molecule has 0 spiro atoms. The number of benzene rings is 1. The normalized spacial score (nSPS) is 10.6. The molecule has 0 radical (unpaired) electrons. The van der Waals surface area contributed by atoms with Gasteiger partial charge in [0.05, 0.1) is 22.0 Å². The van der Waals surface area contributed by atoms with E-state index in [0.717, 1.165) is 12.1 Å². The predicted octanol–water partition coefficient (Wildman–Crippen LogP) is 2.50. The molecule has 1 heterocycles. The molecule has 0 unspecified atom stereocenters. The fraction of sp³-hybridized carbons (Fsp3) is 0. The first kappa shape index (κ1) is 10.1. The molecule has 0 saturated carbocycles. The number of nitrogen functional groups attached to an aromatic ring is 1. The van der Waals surface area contributed by atoms with Crippen LogP contribution >= 0.6 is 15.9 Å². The van der Waals surface area contributed by atoms with Gasteiger partial charge in [0.2, 0.25) is 0 Å². The van der Waals surface area contributed by atoms with Gasteiger partial charge in [-0.1, -0.05) is 0 Å². The zero-order valence-electron chi connectivity index (χ0n) is 7.42. The Morgan fingerprint density at radius 3 is 2.67 bits per heavy atom. The molecule has 1 aromatic carbocycles. The van der Waals surface area contributed by atoms with Crippen molar-refractivity contribution in [2.45, 2.75) is 0 Å². The third-order valence-corrected chi connectivity index (χ3v) is 2.28. The van der Waals surface area contributed by atoms with Crippen molar-refractivity contribution in [3.63, 3.8) is 0 Å². The first-order valence-electron chi connectivity index (χ1n) is 4.03. The number of hydrogen-bond acceptors (Lipinski definition) is 2. The molecule has 0 bridgehead atoms. The zero-order chi connectivity index (χ0) is 11.0. The van der Waals surface area contributed by atoms with Gasteiger partial charge in [-0.25, -0.2) is 13.5 Å². The lowest BCUT2D eigenvalue weighted by molar-refractivity contribution is 0.583. The second kappa shape index (κ2) is 3.62. The highest BCUT2D eigenvalue weighted by atomic mass is 79.9. The van der Waals surface area contributed by atoms with E-state index in [9.17, 15) is 8.78 Å². The van der Waals surface area contributed by atoms with E-state index in [1.165, 1.54) is 10.9 Å². The molecule has 0 aliphatic carbocycles. The quantitative estimate of drug-likeness (QED) is 0.812. The Morgan fingerprint density at radius 2 is 2.07 bits per heavy atom. The van der Waals surface area contributed by atoms with E-state index in [4.69, 9.17) is 5.73 Å². The molecule has 78 valence electrons. The van der Waals surface area contributed by atoms with Crippen LogP contribution in [0.1, 0.15) is 0 Å². The number of hydrogen-bond donors (Lipinski definition) is 1. The van der Waals surface area contributed by atoms with Crippen LogP contribution in [0.3, 0.4) is 0 Å². The molecule has 0 fully saturated rings. The van der Waals surface area contributed by atoms with Gasteiger partial charge in [-0.3, -0.25) is 0 Å². The molecule has 0 aliphatic heterocycles. The summed E-state index contributed by atoms with van der Waals surface area (Å²) in [6, 6.07) is 1.86. The van der Waals surface area contributed by atoms with Gasteiger partial charge in [0.25, 0.3) is 0 Å². The summed E-state index contributed by atoms with van der Waals surface area (Å²) in [5.74, 6) is -1.49. The number of nitrogens with two attached hydrogens (primary N) is 1. The highest BCUT2D eigenvalue weighted by Crippen LogP contribution is 2.22. The highest BCUT2D eigenvalue weighted by molar-refractivity contribution is 9.10. The third-order valence-electron chi connectivity index (χ3n) is 1.87. The standard InChI is InChI=1S/C9H6BrF2N3/c10-5-3-14-15(4-5)8-2-6(11)1-7(12)9(8)13/h1-4H,13H2. The number of halogens is 3. The topological polar surface area (TPSA) is 43.8 Å². The van der Waals surface area contributed by atoms with E-state index >= 15 is 0 Å². The average Bonchev–Trinajstić information content (AvgIpc) is 2.58. The molecule has 0 amide bonds. The Kier molecular flexibility index (Phi) is 2.44. The van der Waals surface area contributed by atoms with Crippen LogP contribution in [0.15, 0.2) is 29.0 Å². The molecule has 0 aliphatic rings. The van der Waals surface area contributed by atoms with Gasteiger partial charge in [0.1, 0.15) is 5.82 Å². The summed E-state index contributed by atoms with van der Waals surface area (Å²) in [5.41, 5.74) is 5.52. The van der Waals surface area contributed by atoms with E-state index in [0.29, 0.717) is 4.47 Å². The van der Waals surface area contributed by atoms with Gasteiger partial charge in [-0.05, 0) is 15.9 Å². The van der Waals surface area contributed by atoms with Crippen LogP contribution < -0.4 is 5.73 Å². The molecule has 1 aromatic heterocycles. The maximum atomic E-state index is 13.1. The third kappa shape index (κ3) is 1.85. The fourth-order valence-corrected chi connectivity index (χ4v) is 1.48. The van der Waals surface area contributed by atoms with Crippen LogP contribution in [0.25, 0.3) is 5.69 Å². The predicted molar refractivity (Wildman–Crippen MR) is 55.6 cm³/mol. The second-order valence-electron chi connectivity index (χ2n) is 2.92. The molecule has 0 saturated heterocycles. The molecule has 15 heavy (non-hydrogen) atoms. The summed E-state index contributed by atoms with van der Waals surface area (Å²) >= 11 is 3.18. The molecule has 2 rings (SSSR count). The van der Waals surface area contributed by atoms with Crippen molar-refractivity contribution in [3.8, 4) is 5.69 Å². The van der Waals surface area contributed by atoms with Crippen molar-refractivity contribution in [2.75, 3.05) is 5.73 Å². The Hall–Kier alpha value is -1.43. The summed E-state index contributed by atoms with van der Waals surface area (Å²) in [7, 11) is 0. The minimum atomic E-state index is -0.795. The summed E-state index contributed by atoms with van der Waals surface area (Å²) < 4.78 is 28.1. The van der Waals surface area contributed by atoms with E-state index < -0.39 is 11.6 Å². The van der Waals surface area contributed by atoms with Crippen molar-refractivity contribution in [1.29, 1.82) is 0 Å². The van der Waals surface area contributed by atoms with Crippen LogP contribution in [-0.4, -0.2) is 9.78 Å². The number of aromatic nitrogens is 2. The van der Waals surface area contributed by atoms with Gasteiger partial charge in [0.15, 0.2) is 5.82 Å². The maximum Gasteiger partial charge on any atom is 0.151 e. The fourth-order valence-electron chi connectivity index (χ4n) is 1.19.